The van der Waals surface area contributed by atoms with Crippen molar-refractivity contribution in [3.05, 3.63) is 95.6 Å². The lowest BCUT2D eigenvalue weighted by molar-refractivity contribution is -0.144. The quantitative estimate of drug-likeness (QED) is 0.340. The van der Waals surface area contributed by atoms with Gasteiger partial charge in [0.15, 0.2) is 0 Å². The van der Waals surface area contributed by atoms with Gasteiger partial charge in [0.25, 0.3) is 0 Å². The molecule has 172 valence electrons. The third-order valence-electron chi connectivity index (χ3n) is 5.07. The van der Waals surface area contributed by atoms with E-state index in [4.69, 9.17) is 20.2 Å². The van der Waals surface area contributed by atoms with E-state index >= 15 is 0 Å². The molecule has 0 aliphatic heterocycles. The molecule has 0 heterocycles. The summed E-state index contributed by atoms with van der Waals surface area (Å²) in [6.45, 7) is 2.66. The molecule has 7 nitrogen and oxygen atoms in total. The number of nitrogens with zero attached hydrogens (tertiary/aromatic N) is 1. The summed E-state index contributed by atoms with van der Waals surface area (Å²) in [5.41, 5.74) is 3.69. The van der Waals surface area contributed by atoms with Crippen LogP contribution in [-0.2, 0) is 21.1 Å². The van der Waals surface area contributed by atoms with Crippen LogP contribution in [0.1, 0.15) is 36.0 Å². The summed E-state index contributed by atoms with van der Waals surface area (Å²) >= 11 is 0. The predicted molar refractivity (Wildman–Crippen MR) is 126 cm³/mol. The molecule has 33 heavy (non-hydrogen) atoms. The van der Waals surface area contributed by atoms with Crippen LogP contribution in [0.4, 0.5) is 0 Å². The molecule has 0 amide bonds. The van der Waals surface area contributed by atoms with Gasteiger partial charge in [-0.05, 0) is 41.3 Å². The lowest BCUT2D eigenvalue weighted by Crippen LogP contribution is -2.13. The summed E-state index contributed by atoms with van der Waals surface area (Å²) in [7, 11) is 1.52. The maximum absolute atomic E-state index is 11.3. The Hall–Kier alpha value is -3.84. The molecule has 2 N–H and O–H groups in total. The highest BCUT2D eigenvalue weighted by molar-refractivity contribution is 6.01. The number of oxime groups is 1. The lowest BCUT2D eigenvalue weighted by Gasteiger charge is -2.12. The van der Waals surface area contributed by atoms with Crippen molar-refractivity contribution in [3.63, 3.8) is 0 Å². The van der Waals surface area contributed by atoms with Crippen LogP contribution >= 0.6 is 0 Å². The number of nitrogens with two attached hydrogens (primary N) is 1. The molecule has 0 saturated heterocycles. The molecule has 0 radical (unpaired) electrons. The number of carbonyl (C=O) groups is 1. The Morgan fingerprint density at radius 1 is 0.909 bits per heavy atom. The molecule has 0 bridgehead atoms. The van der Waals surface area contributed by atoms with Gasteiger partial charge in [-0.25, -0.2) is 0 Å². The van der Waals surface area contributed by atoms with E-state index in [1.165, 1.54) is 7.11 Å². The van der Waals surface area contributed by atoms with Gasteiger partial charge in [-0.2, -0.15) is 5.90 Å². The van der Waals surface area contributed by atoms with Gasteiger partial charge in [0.1, 0.15) is 37.5 Å². The van der Waals surface area contributed by atoms with Crippen molar-refractivity contribution in [1.82, 2.24) is 0 Å². The molecular formula is C26H28N2O5. The number of ether oxygens (including phenoxy) is 2. The van der Waals surface area contributed by atoms with E-state index in [9.17, 15) is 4.79 Å². The molecule has 0 aliphatic carbocycles. The highest BCUT2D eigenvalue weighted by Gasteiger charge is 2.12. The lowest BCUT2D eigenvalue weighted by atomic mass is 9.98. The van der Waals surface area contributed by atoms with Gasteiger partial charge in [-0.3, -0.25) is 4.79 Å². The Bertz CT molecular complexity index is 1030. The van der Waals surface area contributed by atoms with Crippen molar-refractivity contribution < 1.29 is 23.9 Å². The first kappa shape index (κ1) is 23.8. The van der Waals surface area contributed by atoms with Gasteiger partial charge >= 0.3 is 5.97 Å². The number of benzene rings is 3. The number of hydrogen-bond donors (Lipinski definition) is 1. The number of hydrogen-bond acceptors (Lipinski definition) is 7. The monoisotopic (exact) mass is 448 g/mol. The van der Waals surface area contributed by atoms with Gasteiger partial charge in [0.05, 0.1) is 6.42 Å². The molecule has 3 aromatic rings. The van der Waals surface area contributed by atoms with Gasteiger partial charge in [0.2, 0.25) is 0 Å². The molecule has 0 aliphatic rings. The number of carbonyl (C=O) groups excluding carboxylic acids is 1. The summed E-state index contributed by atoms with van der Waals surface area (Å²) in [6, 6.07) is 25.1. The van der Waals surface area contributed by atoms with Crippen LogP contribution in [0.5, 0.6) is 11.5 Å². The summed E-state index contributed by atoms with van der Waals surface area (Å²) in [4.78, 5) is 20.5. The largest absolute Gasteiger partial charge is 0.489 e. The Balaban J connectivity index is 1.50. The van der Waals surface area contributed by atoms with Crippen LogP contribution in [0.25, 0.3) is 0 Å². The number of rotatable bonds is 11. The smallest absolute Gasteiger partial charge is 0.325 e. The van der Waals surface area contributed by atoms with Gasteiger partial charge in [-0.15, -0.1) is 0 Å². The first-order valence-electron chi connectivity index (χ1n) is 10.6. The topological polar surface area (TPSA) is 92.4 Å². The minimum absolute atomic E-state index is 0.0129. The second kappa shape index (κ2) is 12.3. The van der Waals surface area contributed by atoms with Crippen LogP contribution in [0.15, 0.2) is 84.0 Å². The van der Waals surface area contributed by atoms with E-state index in [1.54, 1.807) is 0 Å². The fourth-order valence-electron chi connectivity index (χ4n) is 3.21. The highest BCUT2D eigenvalue weighted by atomic mass is 16.7. The van der Waals surface area contributed by atoms with Crippen molar-refractivity contribution >= 4 is 11.7 Å². The average molecular weight is 449 g/mol. The average Bonchev–Trinajstić information content (AvgIpc) is 2.86. The van der Waals surface area contributed by atoms with Gasteiger partial charge in [0, 0.05) is 5.56 Å². The van der Waals surface area contributed by atoms with E-state index < -0.39 is 5.97 Å². The van der Waals surface area contributed by atoms with Crippen molar-refractivity contribution in [2.45, 2.75) is 25.9 Å². The molecule has 0 fully saturated rings. The first-order chi connectivity index (χ1) is 16.1. The van der Waals surface area contributed by atoms with Crippen LogP contribution in [0.2, 0.25) is 0 Å². The fraction of sp³-hybridized carbons (Fsp3) is 0.231. The Morgan fingerprint density at radius 2 is 1.55 bits per heavy atom. The molecule has 0 spiro atoms. The van der Waals surface area contributed by atoms with Crippen LogP contribution in [-0.4, -0.2) is 25.4 Å². The van der Waals surface area contributed by atoms with Crippen molar-refractivity contribution in [3.8, 4) is 11.5 Å². The normalized spacial score (nSPS) is 12.0. The van der Waals surface area contributed by atoms with Crippen LogP contribution < -0.4 is 15.4 Å². The Labute approximate surface area is 193 Å². The predicted octanol–water partition coefficient (Wildman–Crippen LogP) is 4.61. The molecule has 0 saturated carbocycles. The van der Waals surface area contributed by atoms with E-state index in [2.05, 4.69) is 9.99 Å². The van der Waals surface area contributed by atoms with Crippen molar-refractivity contribution in [1.29, 1.82) is 0 Å². The highest BCUT2D eigenvalue weighted by Crippen LogP contribution is 2.23. The molecule has 3 rings (SSSR count). The molecule has 1 unspecified atom stereocenters. The van der Waals surface area contributed by atoms with E-state index in [1.807, 2.05) is 85.8 Å². The minimum atomic E-state index is -0.433. The maximum Gasteiger partial charge on any atom is 0.325 e. The zero-order valence-corrected chi connectivity index (χ0v) is 18.8. The molecule has 1 atom stereocenters. The van der Waals surface area contributed by atoms with E-state index in [-0.39, 0.29) is 12.3 Å². The van der Waals surface area contributed by atoms with Crippen LogP contribution in [0, 0.1) is 0 Å². The van der Waals surface area contributed by atoms with E-state index in [0.717, 1.165) is 28.2 Å². The van der Waals surface area contributed by atoms with Crippen molar-refractivity contribution in [2.75, 3.05) is 13.7 Å². The zero-order valence-electron chi connectivity index (χ0n) is 18.8. The minimum Gasteiger partial charge on any atom is -0.489 e. The third-order valence-corrected chi connectivity index (χ3v) is 5.07. The molecule has 7 heteroatoms. The van der Waals surface area contributed by atoms with Gasteiger partial charge < -0.3 is 19.1 Å². The Kier molecular flexibility index (Phi) is 8.85. The molecular weight excluding hydrogens is 420 g/mol. The summed E-state index contributed by atoms with van der Waals surface area (Å²) < 4.78 is 11.7. The second-order valence-corrected chi connectivity index (χ2v) is 7.47. The summed E-state index contributed by atoms with van der Waals surface area (Å²) in [5.74, 6) is 5.96. The second-order valence-electron chi connectivity index (χ2n) is 7.47. The third kappa shape index (κ3) is 7.36. The maximum atomic E-state index is 11.3. The van der Waals surface area contributed by atoms with E-state index in [0.29, 0.717) is 18.9 Å². The fourth-order valence-corrected chi connectivity index (χ4v) is 3.21. The SMILES string of the molecule is CO/N=C(\COc1ccc(COc2ccc(C(C)CC(=O)ON)cc2)cc1)c1ccccc1. The first-order valence-corrected chi connectivity index (χ1v) is 10.6. The molecule has 3 aromatic carbocycles. The zero-order chi connectivity index (χ0) is 23.5. The standard InChI is InChI=1S/C26H28N2O5/c1-19(16-26(29)33-27)21-10-14-24(15-11-21)31-17-20-8-12-23(13-9-20)32-18-25(28-30-2)22-6-4-3-5-7-22/h3-15,19H,16-18,27H2,1-2H3/b28-25+. The summed E-state index contributed by atoms with van der Waals surface area (Å²) in [6.07, 6.45) is 0.231. The Morgan fingerprint density at radius 3 is 2.18 bits per heavy atom. The summed E-state index contributed by atoms with van der Waals surface area (Å²) in [5, 5.41) is 4.07. The van der Waals surface area contributed by atoms with Crippen molar-refractivity contribution in [2.24, 2.45) is 11.1 Å². The van der Waals surface area contributed by atoms with Gasteiger partial charge in [-0.1, -0.05) is 66.7 Å². The van der Waals surface area contributed by atoms with Crippen LogP contribution in [0.3, 0.4) is 0 Å². The molecule has 0 aromatic heterocycles.